The van der Waals surface area contributed by atoms with Crippen LogP contribution in [0.1, 0.15) is 41.7 Å². The highest BCUT2D eigenvalue weighted by molar-refractivity contribution is 5.80. The number of carbonyl (C=O) groups excluding carboxylic acids is 1. The Morgan fingerprint density at radius 2 is 2.04 bits per heavy atom. The monoisotopic (exact) mass is 368 g/mol. The molecule has 1 amide bonds. The Bertz CT molecular complexity index is 1010. The number of rotatable bonds is 3. The fourth-order valence-corrected chi connectivity index (χ4v) is 3.78. The van der Waals surface area contributed by atoms with Crippen molar-refractivity contribution in [3.05, 3.63) is 46.8 Å². The Labute approximate surface area is 155 Å². The number of imidazole rings is 1. The number of carbonyl (C=O) groups is 1. The first-order valence-corrected chi connectivity index (χ1v) is 8.96. The number of anilines is 1. The summed E-state index contributed by atoms with van der Waals surface area (Å²) in [7, 11) is 0. The molecule has 8 heteroatoms. The summed E-state index contributed by atoms with van der Waals surface area (Å²) < 4.78 is 13.4. The second-order valence-electron chi connectivity index (χ2n) is 6.94. The van der Waals surface area contributed by atoms with Gasteiger partial charge < -0.3 is 15.6 Å². The van der Waals surface area contributed by atoms with E-state index in [0.29, 0.717) is 23.4 Å². The van der Waals surface area contributed by atoms with Crippen LogP contribution in [0.5, 0.6) is 0 Å². The van der Waals surface area contributed by atoms with Crippen molar-refractivity contribution in [3.63, 3.8) is 0 Å². The van der Waals surface area contributed by atoms with Crippen molar-refractivity contribution in [3.8, 4) is 0 Å². The molecule has 0 aliphatic carbocycles. The van der Waals surface area contributed by atoms with E-state index < -0.39 is 0 Å². The molecule has 1 aliphatic heterocycles. The predicted octanol–water partition coefficient (Wildman–Crippen LogP) is 2.60. The number of nitrogen functional groups attached to an aromatic ring is 1. The van der Waals surface area contributed by atoms with Gasteiger partial charge in [-0.2, -0.15) is 0 Å². The van der Waals surface area contributed by atoms with Gasteiger partial charge in [0.15, 0.2) is 0 Å². The fourth-order valence-electron chi connectivity index (χ4n) is 3.78. The Morgan fingerprint density at radius 3 is 2.78 bits per heavy atom. The molecule has 1 aliphatic rings. The summed E-state index contributed by atoms with van der Waals surface area (Å²) in [6, 6.07) is 4.32. The third kappa shape index (κ3) is 3.22. The number of aromatic nitrogens is 4. The van der Waals surface area contributed by atoms with E-state index in [1.807, 2.05) is 18.7 Å². The number of benzene rings is 1. The zero-order valence-electron chi connectivity index (χ0n) is 15.3. The average Bonchev–Trinajstić information content (AvgIpc) is 3.23. The smallest absolute Gasteiger partial charge is 0.227 e. The van der Waals surface area contributed by atoms with Crippen LogP contribution < -0.4 is 5.73 Å². The minimum absolute atomic E-state index is 0.00343. The van der Waals surface area contributed by atoms with Gasteiger partial charge in [-0.25, -0.2) is 19.3 Å². The molecule has 1 saturated heterocycles. The normalized spacial score (nSPS) is 17.0. The molecule has 4 rings (SSSR count). The number of H-pyrrole nitrogens is 1. The molecule has 0 bridgehead atoms. The third-order valence-corrected chi connectivity index (χ3v) is 5.12. The summed E-state index contributed by atoms with van der Waals surface area (Å²) in [4.78, 5) is 30.9. The van der Waals surface area contributed by atoms with Crippen LogP contribution in [0.4, 0.5) is 10.3 Å². The van der Waals surface area contributed by atoms with Crippen molar-refractivity contribution in [2.45, 2.75) is 39.2 Å². The van der Waals surface area contributed by atoms with Crippen LogP contribution in [0.3, 0.4) is 0 Å². The lowest BCUT2D eigenvalue weighted by molar-refractivity contribution is -0.131. The zero-order chi connectivity index (χ0) is 19.1. The molecule has 0 radical (unpaired) electrons. The fraction of sp³-hybridized carbons (Fsp3) is 0.368. The highest BCUT2D eigenvalue weighted by atomic mass is 19.1. The van der Waals surface area contributed by atoms with E-state index in [4.69, 9.17) is 5.73 Å². The molecule has 0 unspecified atom stereocenters. The van der Waals surface area contributed by atoms with E-state index in [-0.39, 0.29) is 30.1 Å². The molecular weight excluding hydrogens is 347 g/mol. The Balaban J connectivity index is 1.60. The molecule has 7 nitrogen and oxygen atoms in total. The number of halogens is 1. The summed E-state index contributed by atoms with van der Waals surface area (Å²) in [5.41, 5.74) is 9.27. The van der Waals surface area contributed by atoms with Crippen LogP contribution in [-0.4, -0.2) is 37.3 Å². The largest absolute Gasteiger partial charge is 0.368 e. The average molecular weight is 368 g/mol. The number of aryl methyl sites for hydroxylation is 2. The molecule has 3 aromatic rings. The molecule has 3 N–H and O–H groups in total. The predicted molar refractivity (Wildman–Crippen MR) is 99.4 cm³/mol. The summed E-state index contributed by atoms with van der Waals surface area (Å²) in [6.45, 7) is 4.34. The molecule has 3 heterocycles. The lowest BCUT2D eigenvalue weighted by Gasteiger charge is -2.24. The number of hydrogen-bond acceptors (Lipinski definition) is 5. The minimum atomic E-state index is -0.314. The highest BCUT2D eigenvalue weighted by Crippen LogP contribution is 2.32. The molecular formula is C19H21FN6O. The highest BCUT2D eigenvalue weighted by Gasteiger charge is 2.32. The van der Waals surface area contributed by atoms with Crippen molar-refractivity contribution in [1.29, 1.82) is 0 Å². The summed E-state index contributed by atoms with van der Waals surface area (Å²) in [6.07, 6.45) is 1.95. The van der Waals surface area contributed by atoms with E-state index in [9.17, 15) is 9.18 Å². The summed E-state index contributed by atoms with van der Waals surface area (Å²) in [5.74, 6) is 0.605. The molecule has 2 aromatic heterocycles. The number of hydrogen-bond donors (Lipinski definition) is 2. The number of nitrogens with zero attached hydrogens (tertiary/aromatic N) is 4. The first-order valence-electron chi connectivity index (χ1n) is 8.96. The van der Waals surface area contributed by atoms with Crippen LogP contribution in [-0.2, 0) is 11.2 Å². The number of amides is 1. The van der Waals surface area contributed by atoms with Gasteiger partial charge in [0.1, 0.15) is 11.6 Å². The van der Waals surface area contributed by atoms with E-state index in [1.54, 1.807) is 6.07 Å². The van der Waals surface area contributed by atoms with E-state index >= 15 is 0 Å². The van der Waals surface area contributed by atoms with Crippen LogP contribution in [0.2, 0.25) is 0 Å². The topological polar surface area (TPSA) is 101 Å². The summed E-state index contributed by atoms with van der Waals surface area (Å²) in [5, 5.41) is 0. The van der Waals surface area contributed by atoms with Gasteiger partial charge in [-0.15, -0.1) is 0 Å². The van der Waals surface area contributed by atoms with Crippen LogP contribution >= 0.6 is 0 Å². The number of nitrogens with two attached hydrogens (primary N) is 1. The van der Waals surface area contributed by atoms with Crippen LogP contribution in [0, 0.1) is 19.7 Å². The molecule has 1 atom stereocenters. The van der Waals surface area contributed by atoms with Crippen molar-refractivity contribution in [1.82, 2.24) is 24.8 Å². The molecule has 1 fully saturated rings. The van der Waals surface area contributed by atoms with Gasteiger partial charge in [-0.1, -0.05) is 0 Å². The number of fused-ring (bicyclic) bond motifs is 1. The lowest BCUT2D eigenvalue weighted by atomic mass is 10.1. The quantitative estimate of drug-likeness (QED) is 0.740. The van der Waals surface area contributed by atoms with Crippen molar-refractivity contribution < 1.29 is 9.18 Å². The molecule has 27 heavy (non-hydrogen) atoms. The van der Waals surface area contributed by atoms with Gasteiger partial charge in [0.2, 0.25) is 11.9 Å². The van der Waals surface area contributed by atoms with Gasteiger partial charge in [-0.3, -0.25) is 4.79 Å². The van der Waals surface area contributed by atoms with E-state index in [0.717, 1.165) is 29.8 Å². The number of aromatic amines is 1. The Morgan fingerprint density at radius 1 is 1.30 bits per heavy atom. The van der Waals surface area contributed by atoms with Crippen molar-refractivity contribution in [2.24, 2.45) is 0 Å². The molecule has 140 valence electrons. The van der Waals surface area contributed by atoms with Crippen LogP contribution in [0.15, 0.2) is 18.2 Å². The van der Waals surface area contributed by atoms with E-state index in [2.05, 4.69) is 19.9 Å². The number of nitrogens with one attached hydrogen (secondary N) is 1. The summed E-state index contributed by atoms with van der Waals surface area (Å²) >= 11 is 0. The third-order valence-electron chi connectivity index (χ3n) is 5.12. The first kappa shape index (κ1) is 17.4. The van der Waals surface area contributed by atoms with Crippen molar-refractivity contribution in [2.75, 3.05) is 12.3 Å². The lowest BCUT2D eigenvalue weighted by Crippen LogP contribution is -2.32. The second-order valence-corrected chi connectivity index (χ2v) is 6.94. The van der Waals surface area contributed by atoms with Crippen molar-refractivity contribution >= 4 is 22.9 Å². The maximum atomic E-state index is 13.4. The van der Waals surface area contributed by atoms with E-state index in [1.165, 1.54) is 12.1 Å². The standard InChI is InChI=1S/C19H21FN6O/c1-10-13(11(2)23-19(21)22-10)9-17(27)26-7-3-4-16(26)18-24-14-6-5-12(20)8-15(14)25-18/h5-6,8,16H,3-4,7,9H2,1-2H3,(H,24,25)(H2,21,22,23)/t16-/m1/s1. The first-order chi connectivity index (χ1) is 12.9. The second kappa shape index (κ2) is 6.61. The number of likely N-dealkylation sites (tertiary alicyclic amines) is 1. The van der Waals surface area contributed by atoms with Gasteiger partial charge >= 0.3 is 0 Å². The SMILES string of the molecule is Cc1nc(N)nc(C)c1CC(=O)N1CCC[C@@H]1c1nc2ccc(F)cc2[nH]1. The molecule has 0 spiro atoms. The zero-order valence-corrected chi connectivity index (χ0v) is 15.3. The maximum absolute atomic E-state index is 13.4. The Hall–Kier alpha value is -3.03. The minimum Gasteiger partial charge on any atom is -0.368 e. The Kier molecular flexibility index (Phi) is 4.25. The van der Waals surface area contributed by atoms with Crippen LogP contribution in [0.25, 0.3) is 11.0 Å². The van der Waals surface area contributed by atoms with Gasteiger partial charge in [0, 0.05) is 23.5 Å². The maximum Gasteiger partial charge on any atom is 0.227 e. The van der Waals surface area contributed by atoms with Gasteiger partial charge in [-0.05, 0) is 44.9 Å². The molecule has 0 saturated carbocycles. The molecule has 1 aromatic carbocycles. The van der Waals surface area contributed by atoms with Gasteiger partial charge in [0.25, 0.3) is 0 Å². The van der Waals surface area contributed by atoms with Gasteiger partial charge in [0.05, 0.1) is 23.5 Å².